The summed E-state index contributed by atoms with van der Waals surface area (Å²) < 4.78 is 5.68. The van der Waals surface area contributed by atoms with E-state index in [9.17, 15) is 0 Å². The van der Waals surface area contributed by atoms with Crippen molar-refractivity contribution in [1.29, 1.82) is 0 Å². The third-order valence-electron chi connectivity index (χ3n) is 3.18. The number of aryl methyl sites for hydroxylation is 1. The minimum atomic E-state index is 0.694. The zero-order valence-corrected chi connectivity index (χ0v) is 9.99. The second-order valence-electron chi connectivity index (χ2n) is 4.32. The molecule has 0 radical (unpaired) electrons. The lowest BCUT2D eigenvalue weighted by Crippen LogP contribution is -2.16. The smallest absolute Gasteiger partial charge is 0.218 e. The van der Waals surface area contributed by atoms with Crippen molar-refractivity contribution in [3.05, 3.63) is 35.4 Å². The zero-order valence-electron chi connectivity index (χ0n) is 9.99. The van der Waals surface area contributed by atoms with Gasteiger partial charge in [0.2, 0.25) is 5.88 Å². The molecule has 2 aromatic rings. The Labute approximate surface area is 101 Å². The van der Waals surface area contributed by atoms with Crippen molar-refractivity contribution in [1.82, 2.24) is 10.3 Å². The van der Waals surface area contributed by atoms with Crippen LogP contribution in [0.25, 0.3) is 10.9 Å². The molecule has 17 heavy (non-hydrogen) atoms. The van der Waals surface area contributed by atoms with Gasteiger partial charge in [0, 0.05) is 24.0 Å². The van der Waals surface area contributed by atoms with Gasteiger partial charge < -0.3 is 10.1 Å². The maximum Gasteiger partial charge on any atom is 0.218 e. The van der Waals surface area contributed by atoms with E-state index in [1.807, 2.05) is 0 Å². The van der Waals surface area contributed by atoms with Crippen LogP contribution < -0.4 is 10.1 Å². The molecule has 3 nitrogen and oxygen atoms in total. The largest absolute Gasteiger partial charge is 0.476 e. The van der Waals surface area contributed by atoms with Crippen molar-refractivity contribution in [3.8, 4) is 5.88 Å². The molecule has 88 valence electrons. The summed E-state index contributed by atoms with van der Waals surface area (Å²) in [6, 6.07) is 8.54. The van der Waals surface area contributed by atoms with Gasteiger partial charge in [0.1, 0.15) is 6.61 Å². The van der Waals surface area contributed by atoms with E-state index in [0.717, 1.165) is 36.5 Å². The lowest BCUT2D eigenvalue weighted by atomic mass is 10.1. The van der Waals surface area contributed by atoms with E-state index >= 15 is 0 Å². The van der Waals surface area contributed by atoms with Crippen LogP contribution in [0.15, 0.2) is 24.3 Å². The van der Waals surface area contributed by atoms with Crippen LogP contribution in [0.3, 0.4) is 0 Å². The Morgan fingerprint density at radius 2 is 2.35 bits per heavy atom. The van der Waals surface area contributed by atoms with Crippen LogP contribution in [-0.4, -0.2) is 18.1 Å². The number of hydrogen-bond donors (Lipinski definition) is 1. The molecule has 3 heteroatoms. The van der Waals surface area contributed by atoms with Gasteiger partial charge in [0.05, 0.1) is 5.52 Å². The SMILES string of the molecule is CCc1cccc2cc3c(nc12)OCCNC3. The summed E-state index contributed by atoms with van der Waals surface area (Å²) in [6.07, 6.45) is 1.00. The van der Waals surface area contributed by atoms with Crippen molar-refractivity contribution < 1.29 is 4.74 Å². The summed E-state index contributed by atoms with van der Waals surface area (Å²) >= 11 is 0. The van der Waals surface area contributed by atoms with E-state index in [1.165, 1.54) is 10.9 Å². The highest BCUT2D eigenvalue weighted by Gasteiger charge is 2.12. The van der Waals surface area contributed by atoms with E-state index < -0.39 is 0 Å². The van der Waals surface area contributed by atoms with E-state index in [0.29, 0.717) is 6.61 Å². The van der Waals surface area contributed by atoms with Gasteiger partial charge in [-0.1, -0.05) is 25.1 Å². The van der Waals surface area contributed by atoms with Gasteiger partial charge in [0.25, 0.3) is 0 Å². The van der Waals surface area contributed by atoms with Crippen molar-refractivity contribution >= 4 is 10.9 Å². The third-order valence-corrected chi connectivity index (χ3v) is 3.18. The fourth-order valence-electron chi connectivity index (χ4n) is 2.27. The molecule has 1 aliphatic heterocycles. The molecule has 3 rings (SSSR count). The molecular weight excluding hydrogens is 212 g/mol. The molecule has 0 aliphatic carbocycles. The first kappa shape index (κ1) is 10.5. The van der Waals surface area contributed by atoms with Gasteiger partial charge in [-0.2, -0.15) is 0 Å². The Morgan fingerprint density at radius 3 is 3.24 bits per heavy atom. The van der Waals surface area contributed by atoms with Gasteiger partial charge >= 0.3 is 0 Å². The van der Waals surface area contributed by atoms with Crippen LogP contribution >= 0.6 is 0 Å². The molecule has 0 unspecified atom stereocenters. The van der Waals surface area contributed by atoms with Crippen LogP contribution in [0.2, 0.25) is 0 Å². The predicted molar refractivity (Wildman–Crippen MR) is 68.3 cm³/mol. The number of rotatable bonds is 1. The van der Waals surface area contributed by atoms with Crippen molar-refractivity contribution in [3.63, 3.8) is 0 Å². The molecule has 1 aromatic carbocycles. The summed E-state index contributed by atoms with van der Waals surface area (Å²) in [7, 11) is 0. The second kappa shape index (κ2) is 4.34. The molecule has 2 heterocycles. The Kier molecular flexibility index (Phi) is 2.69. The number of ether oxygens (including phenoxy) is 1. The average molecular weight is 228 g/mol. The topological polar surface area (TPSA) is 34.1 Å². The molecule has 0 spiro atoms. The molecule has 0 saturated heterocycles. The zero-order chi connectivity index (χ0) is 11.7. The highest BCUT2D eigenvalue weighted by molar-refractivity contribution is 5.83. The van der Waals surface area contributed by atoms with Crippen LogP contribution in [0.1, 0.15) is 18.1 Å². The normalized spacial score (nSPS) is 15.1. The van der Waals surface area contributed by atoms with E-state index in [-0.39, 0.29) is 0 Å². The molecule has 0 bridgehead atoms. The molecule has 1 N–H and O–H groups in total. The average Bonchev–Trinajstić information content (AvgIpc) is 2.60. The molecule has 1 aromatic heterocycles. The van der Waals surface area contributed by atoms with E-state index in [1.54, 1.807) is 0 Å². The first-order chi connectivity index (χ1) is 8.38. The number of nitrogens with zero attached hydrogens (tertiary/aromatic N) is 1. The highest BCUT2D eigenvalue weighted by atomic mass is 16.5. The first-order valence-corrected chi connectivity index (χ1v) is 6.13. The number of aromatic nitrogens is 1. The van der Waals surface area contributed by atoms with Gasteiger partial charge in [-0.05, 0) is 18.1 Å². The van der Waals surface area contributed by atoms with E-state index in [2.05, 4.69) is 41.5 Å². The number of benzene rings is 1. The van der Waals surface area contributed by atoms with Crippen LogP contribution in [0.4, 0.5) is 0 Å². The minimum Gasteiger partial charge on any atom is -0.476 e. The Balaban J connectivity index is 2.22. The van der Waals surface area contributed by atoms with Gasteiger partial charge in [-0.15, -0.1) is 0 Å². The Morgan fingerprint density at radius 1 is 1.41 bits per heavy atom. The number of nitrogens with one attached hydrogen (secondary N) is 1. The maximum absolute atomic E-state index is 5.68. The van der Waals surface area contributed by atoms with Crippen molar-refractivity contribution in [2.24, 2.45) is 0 Å². The second-order valence-corrected chi connectivity index (χ2v) is 4.32. The molecule has 1 aliphatic rings. The Hall–Kier alpha value is -1.61. The summed E-state index contributed by atoms with van der Waals surface area (Å²) in [4.78, 5) is 4.68. The van der Waals surface area contributed by atoms with Gasteiger partial charge in [0.15, 0.2) is 0 Å². The highest BCUT2D eigenvalue weighted by Crippen LogP contribution is 2.25. The molecular formula is C14H16N2O. The van der Waals surface area contributed by atoms with Crippen LogP contribution in [-0.2, 0) is 13.0 Å². The van der Waals surface area contributed by atoms with Crippen molar-refractivity contribution in [2.75, 3.05) is 13.2 Å². The monoisotopic (exact) mass is 228 g/mol. The van der Waals surface area contributed by atoms with E-state index in [4.69, 9.17) is 4.74 Å². The lowest BCUT2D eigenvalue weighted by Gasteiger charge is -2.09. The summed E-state index contributed by atoms with van der Waals surface area (Å²) in [5.74, 6) is 0.795. The maximum atomic E-state index is 5.68. The first-order valence-electron chi connectivity index (χ1n) is 6.13. The quantitative estimate of drug-likeness (QED) is 0.813. The summed E-state index contributed by atoms with van der Waals surface area (Å²) in [5.41, 5.74) is 3.52. The van der Waals surface area contributed by atoms with Gasteiger partial charge in [-0.25, -0.2) is 4.98 Å². The fourth-order valence-corrected chi connectivity index (χ4v) is 2.27. The van der Waals surface area contributed by atoms with Crippen LogP contribution in [0, 0.1) is 0 Å². The number of pyridine rings is 1. The Bertz CT molecular complexity index is 551. The standard InChI is InChI=1S/C14H16N2O/c1-2-10-4-3-5-11-8-12-9-15-6-7-17-14(12)16-13(10)11/h3-5,8,15H,2,6-7,9H2,1H3. The molecule has 0 fully saturated rings. The lowest BCUT2D eigenvalue weighted by molar-refractivity contribution is 0.315. The molecule has 0 amide bonds. The number of para-hydroxylation sites is 1. The third kappa shape index (κ3) is 1.87. The minimum absolute atomic E-state index is 0.694. The summed E-state index contributed by atoms with van der Waals surface area (Å²) in [6.45, 7) is 4.58. The molecule has 0 saturated carbocycles. The van der Waals surface area contributed by atoms with Crippen LogP contribution in [0.5, 0.6) is 5.88 Å². The number of fused-ring (bicyclic) bond motifs is 2. The molecule has 0 atom stereocenters. The summed E-state index contributed by atoms with van der Waals surface area (Å²) in [5, 5.41) is 4.54. The predicted octanol–water partition coefficient (Wildman–Crippen LogP) is 2.28. The van der Waals surface area contributed by atoms with Crippen molar-refractivity contribution in [2.45, 2.75) is 19.9 Å². The fraction of sp³-hybridized carbons (Fsp3) is 0.357. The van der Waals surface area contributed by atoms with Gasteiger partial charge in [-0.3, -0.25) is 0 Å². The number of hydrogen-bond acceptors (Lipinski definition) is 3.